The summed E-state index contributed by atoms with van der Waals surface area (Å²) in [6, 6.07) is -0.498. The molecule has 0 aromatic carbocycles. The Balaban J connectivity index is 2.72. The summed E-state index contributed by atoms with van der Waals surface area (Å²) in [5.74, 6) is -0.297. The van der Waals surface area contributed by atoms with E-state index < -0.39 is 17.6 Å². The Kier molecular flexibility index (Phi) is 5.22. The van der Waals surface area contributed by atoms with Crippen LogP contribution in [0.15, 0.2) is 0 Å². The third-order valence-electron chi connectivity index (χ3n) is 3.34. The quantitative estimate of drug-likeness (QED) is 0.776. The van der Waals surface area contributed by atoms with Gasteiger partial charge in [-0.25, -0.2) is 0 Å². The van der Waals surface area contributed by atoms with Crippen LogP contribution in [0.3, 0.4) is 0 Å². The molecule has 7 heteroatoms. The van der Waals surface area contributed by atoms with Gasteiger partial charge in [-0.1, -0.05) is 6.92 Å². The molecule has 0 radical (unpaired) electrons. The third-order valence-corrected chi connectivity index (χ3v) is 4.35. The minimum absolute atomic E-state index is 0.130. The number of rotatable bonds is 5. The molecule has 2 atom stereocenters. The molecule has 0 bridgehead atoms. The van der Waals surface area contributed by atoms with Crippen LogP contribution >= 0.6 is 11.8 Å². The van der Waals surface area contributed by atoms with Crippen LogP contribution in [0.1, 0.15) is 33.6 Å². The molecule has 1 fully saturated rings. The Hall–Kier alpha value is -1.24. The number of carboxylic acids is 1. The number of hydrogen-bond acceptors (Lipinski definition) is 4. The number of carboxylic acid groups (broad SMARTS) is 1. The highest BCUT2D eigenvalue weighted by molar-refractivity contribution is 7.99. The Morgan fingerprint density at radius 2 is 2.11 bits per heavy atom. The van der Waals surface area contributed by atoms with Gasteiger partial charge in [0.15, 0.2) is 0 Å². The van der Waals surface area contributed by atoms with E-state index >= 15 is 0 Å². The zero-order valence-corrected chi connectivity index (χ0v) is 12.2. The van der Waals surface area contributed by atoms with Gasteiger partial charge in [0, 0.05) is 18.2 Å². The first-order valence-electron chi connectivity index (χ1n) is 6.18. The normalized spacial score (nSPS) is 21.8. The predicted molar refractivity (Wildman–Crippen MR) is 72.7 cm³/mol. The van der Waals surface area contributed by atoms with E-state index in [-0.39, 0.29) is 18.2 Å². The molecule has 0 saturated carbocycles. The van der Waals surface area contributed by atoms with Gasteiger partial charge in [0.2, 0.25) is 11.8 Å². The molecular formula is C12H20N2O4S. The van der Waals surface area contributed by atoms with Crippen molar-refractivity contribution in [2.75, 3.05) is 11.6 Å². The van der Waals surface area contributed by atoms with Gasteiger partial charge in [-0.05, 0) is 13.3 Å². The first-order valence-corrected chi connectivity index (χ1v) is 7.33. The summed E-state index contributed by atoms with van der Waals surface area (Å²) in [6.07, 6.45) is 0.389. The second-order valence-corrected chi connectivity index (χ2v) is 5.98. The minimum atomic E-state index is -0.950. The van der Waals surface area contributed by atoms with E-state index in [1.807, 2.05) is 6.92 Å². The number of nitrogens with one attached hydrogen (secondary N) is 1. The lowest BCUT2D eigenvalue weighted by Crippen LogP contribution is -2.54. The summed E-state index contributed by atoms with van der Waals surface area (Å²) in [5.41, 5.74) is -0.779. The van der Waals surface area contributed by atoms with Crippen molar-refractivity contribution in [1.82, 2.24) is 10.2 Å². The molecule has 19 heavy (non-hydrogen) atoms. The third kappa shape index (κ3) is 4.12. The number of carbonyl (C=O) groups excluding carboxylic acids is 2. The highest BCUT2D eigenvalue weighted by Crippen LogP contribution is 2.23. The Morgan fingerprint density at radius 1 is 1.47 bits per heavy atom. The average Bonchev–Trinajstić information content (AvgIpc) is 2.76. The molecule has 2 unspecified atom stereocenters. The highest BCUT2D eigenvalue weighted by atomic mass is 32.2. The first kappa shape index (κ1) is 15.8. The molecule has 2 amide bonds. The monoisotopic (exact) mass is 288 g/mol. The minimum Gasteiger partial charge on any atom is -0.481 e. The second kappa shape index (κ2) is 6.27. The van der Waals surface area contributed by atoms with Crippen molar-refractivity contribution >= 4 is 29.5 Å². The van der Waals surface area contributed by atoms with Crippen molar-refractivity contribution in [2.45, 2.75) is 45.2 Å². The molecule has 108 valence electrons. The van der Waals surface area contributed by atoms with Gasteiger partial charge < -0.3 is 15.3 Å². The van der Waals surface area contributed by atoms with Crippen LogP contribution in [0.5, 0.6) is 0 Å². The van der Waals surface area contributed by atoms with Gasteiger partial charge >= 0.3 is 5.97 Å². The molecule has 6 nitrogen and oxygen atoms in total. The number of hydrogen-bond donors (Lipinski definition) is 2. The van der Waals surface area contributed by atoms with Crippen molar-refractivity contribution in [3.8, 4) is 0 Å². The Bertz CT molecular complexity index is 388. The van der Waals surface area contributed by atoms with Crippen molar-refractivity contribution < 1.29 is 19.5 Å². The standard InChI is InChI=1S/C12H20N2O4S/c1-4-12(3,5-10(16)17)13-11(18)9-6-19-7-14(9)8(2)15/h9H,4-7H2,1-3H3,(H,13,18)(H,16,17). The van der Waals surface area contributed by atoms with E-state index in [2.05, 4.69) is 5.32 Å². The van der Waals surface area contributed by atoms with Gasteiger partial charge in [-0.15, -0.1) is 11.8 Å². The topological polar surface area (TPSA) is 86.7 Å². The lowest BCUT2D eigenvalue weighted by molar-refractivity contribution is -0.141. The zero-order chi connectivity index (χ0) is 14.6. The van der Waals surface area contributed by atoms with E-state index in [9.17, 15) is 14.4 Å². The molecule has 2 N–H and O–H groups in total. The van der Waals surface area contributed by atoms with E-state index in [4.69, 9.17) is 5.11 Å². The van der Waals surface area contributed by atoms with Crippen molar-refractivity contribution in [3.05, 3.63) is 0 Å². The maximum Gasteiger partial charge on any atom is 0.305 e. The summed E-state index contributed by atoms with van der Waals surface area (Å²) in [4.78, 5) is 36.0. The van der Waals surface area contributed by atoms with Crippen LogP contribution in [0.2, 0.25) is 0 Å². The number of carbonyl (C=O) groups is 3. The van der Waals surface area contributed by atoms with Crippen molar-refractivity contribution in [1.29, 1.82) is 0 Å². The van der Waals surface area contributed by atoms with Crippen LogP contribution in [0.4, 0.5) is 0 Å². The highest BCUT2D eigenvalue weighted by Gasteiger charge is 2.36. The Labute approximate surface area is 116 Å². The van der Waals surface area contributed by atoms with Crippen LogP contribution < -0.4 is 5.32 Å². The Morgan fingerprint density at radius 3 is 2.58 bits per heavy atom. The molecule has 1 aliphatic heterocycles. The van der Waals surface area contributed by atoms with E-state index in [1.165, 1.54) is 23.6 Å². The zero-order valence-electron chi connectivity index (χ0n) is 11.4. The van der Waals surface area contributed by atoms with Gasteiger partial charge in [0.05, 0.1) is 12.3 Å². The maximum absolute atomic E-state index is 12.2. The van der Waals surface area contributed by atoms with Gasteiger partial charge in [-0.2, -0.15) is 0 Å². The smallest absolute Gasteiger partial charge is 0.305 e. The number of amides is 2. The van der Waals surface area contributed by atoms with Crippen molar-refractivity contribution in [2.24, 2.45) is 0 Å². The largest absolute Gasteiger partial charge is 0.481 e. The van der Waals surface area contributed by atoms with Crippen LogP contribution in [0.25, 0.3) is 0 Å². The summed E-state index contributed by atoms with van der Waals surface area (Å²) in [6.45, 7) is 4.97. The van der Waals surface area contributed by atoms with Gasteiger partial charge in [0.25, 0.3) is 0 Å². The molecule has 0 aliphatic carbocycles. The fourth-order valence-electron chi connectivity index (χ4n) is 1.94. The number of aliphatic carboxylic acids is 1. The number of thioether (sulfide) groups is 1. The predicted octanol–water partition coefficient (Wildman–Crippen LogP) is 0.667. The summed E-state index contributed by atoms with van der Waals surface area (Å²) < 4.78 is 0. The van der Waals surface area contributed by atoms with Crippen LogP contribution in [-0.4, -0.2) is 51.0 Å². The fraction of sp³-hybridized carbons (Fsp3) is 0.750. The summed E-state index contributed by atoms with van der Waals surface area (Å²) >= 11 is 1.52. The molecular weight excluding hydrogens is 268 g/mol. The molecule has 1 aliphatic rings. The first-order chi connectivity index (χ1) is 8.79. The molecule has 1 saturated heterocycles. The van der Waals surface area contributed by atoms with E-state index in [1.54, 1.807) is 6.92 Å². The van der Waals surface area contributed by atoms with Gasteiger partial charge in [0.1, 0.15) is 6.04 Å². The molecule has 1 heterocycles. The fourth-order valence-corrected chi connectivity index (χ4v) is 3.16. The van der Waals surface area contributed by atoms with Crippen LogP contribution in [0, 0.1) is 0 Å². The molecule has 0 aromatic heterocycles. The summed E-state index contributed by atoms with van der Waals surface area (Å²) in [5, 5.41) is 11.7. The maximum atomic E-state index is 12.2. The van der Waals surface area contributed by atoms with Gasteiger partial charge in [-0.3, -0.25) is 14.4 Å². The molecule has 0 aromatic rings. The van der Waals surface area contributed by atoms with E-state index in [0.29, 0.717) is 18.1 Å². The number of nitrogens with zero attached hydrogens (tertiary/aromatic N) is 1. The molecule has 0 spiro atoms. The summed E-state index contributed by atoms with van der Waals surface area (Å²) in [7, 11) is 0. The molecule has 1 rings (SSSR count). The second-order valence-electron chi connectivity index (χ2n) is 4.98. The average molecular weight is 288 g/mol. The SMILES string of the molecule is CCC(C)(CC(=O)O)NC(=O)C1CSCN1C(C)=O. The van der Waals surface area contributed by atoms with E-state index in [0.717, 1.165) is 0 Å². The van der Waals surface area contributed by atoms with Crippen molar-refractivity contribution in [3.63, 3.8) is 0 Å². The van der Waals surface area contributed by atoms with Crippen LogP contribution in [-0.2, 0) is 14.4 Å². The lowest BCUT2D eigenvalue weighted by atomic mass is 9.94. The lowest BCUT2D eigenvalue weighted by Gasteiger charge is -2.31.